The number of nitrogens with one attached hydrogen (secondary N) is 1. The summed E-state index contributed by atoms with van der Waals surface area (Å²) in [7, 11) is 1.52. The lowest BCUT2D eigenvalue weighted by Gasteiger charge is -2.20. The SMILES string of the molecule is CCSCc1ccc(C(=O)c2c(F)cc(F)cc2F)c(-c2cn(C)c(=O)cc2CNC(=O)OC(C)(C)C)c1. The molecular weight excluding hydrogens is 517 g/mol. The van der Waals surface area contributed by atoms with Crippen LogP contribution in [0.25, 0.3) is 11.1 Å². The average Bonchev–Trinajstić information content (AvgIpc) is 2.81. The van der Waals surface area contributed by atoms with Gasteiger partial charge in [-0.25, -0.2) is 18.0 Å². The van der Waals surface area contributed by atoms with Crippen LogP contribution in [0.1, 0.15) is 54.7 Å². The van der Waals surface area contributed by atoms with Crippen LogP contribution in [0.2, 0.25) is 0 Å². The molecule has 2 aromatic carbocycles. The van der Waals surface area contributed by atoms with Gasteiger partial charge in [0.25, 0.3) is 5.56 Å². The molecule has 0 atom stereocenters. The number of pyridine rings is 1. The number of carbonyl (C=O) groups is 2. The number of hydrogen-bond acceptors (Lipinski definition) is 5. The van der Waals surface area contributed by atoms with Crippen molar-refractivity contribution < 1.29 is 27.5 Å². The van der Waals surface area contributed by atoms with Crippen LogP contribution in [-0.2, 0) is 24.1 Å². The van der Waals surface area contributed by atoms with Crippen LogP contribution in [-0.4, -0.2) is 27.8 Å². The van der Waals surface area contributed by atoms with Crippen molar-refractivity contribution in [2.75, 3.05) is 5.75 Å². The minimum Gasteiger partial charge on any atom is -0.444 e. The first kappa shape index (κ1) is 29.0. The maximum atomic E-state index is 14.6. The van der Waals surface area contributed by atoms with Gasteiger partial charge < -0.3 is 14.6 Å². The van der Waals surface area contributed by atoms with Gasteiger partial charge in [0.2, 0.25) is 0 Å². The topological polar surface area (TPSA) is 77.4 Å². The number of benzene rings is 2. The lowest BCUT2D eigenvalue weighted by atomic mass is 9.90. The van der Waals surface area contributed by atoms with E-state index >= 15 is 0 Å². The Morgan fingerprint density at radius 2 is 1.68 bits per heavy atom. The minimum atomic E-state index is -1.32. The zero-order valence-corrected chi connectivity index (χ0v) is 22.6. The minimum absolute atomic E-state index is 0.0446. The van der Waals surface area contributed by atoms with E-state index in [1.807, 2.05) is 6.92 Å². The Labute approximate surface area is 223 Å². The molecule has 0 saturated carbocycles. The molecule has 0 bridgehead atoms. The second-order valence-corrected chi connectivity index (χ2v) is 10.9. The van der Waals surface area contributed by atoms with Crippen LogP contribution in [0.15, 0.2) is 47.4 Å². The summed E-state index contributed by atoms with van der Waals surface area (Å²) in [6.07, 6.45) is 0.790. The van der Waals surface area contributed by atoms with Gasteiger partial charge in [-0.05, 0) is 49.3 Å². The number of nitrogens with zero attached hydrogens (tertiary/aromatic N) is 1. The Balaban J connectivity index is 2.17. The van der Waals surface area contributed by atoms with Crippen molar-refractivity contribution in [3.8, 4) is 11.1 Å². The number of carbonyl (C=O) groups excluding carboxylic acids is 2. The number of hydrogen-bond donors (Lipinski definition) is 1. The van der Waals surface area contributed by atoms with Crippen molar-refractivity contribution in [2.45, 2.75) is 45.6 Å². The quantitative estimate of drug-likeness (QED) is 0.352. The highest BCUT2D eigenvalue weighted by Crippen LogP contribution is 2.32. The summed E-state index contributed by atoms with van der Waals surface area (Å²) in [5.41, 5.74) is -0.124. The number of thioether (sulfide) groups is 1. The Morgan fingerprint density at radius 1 is 1.03 bits per heavy atom. The molecule has 0 saturated heterocycles. The smallest absolute Gasteiger partial charge is 0.407 e. The number of halogens is 3. The Kier molecular flexibility index (Phi) is 9.09. The third-order valence-corrected chi connectivity index (χ3v) is 6.41. The monoisotopic (exact) mass is 546 g/mol. The summed E-state index contributed by atoms with van der Waals surface area (Å²) in [5, 5.41) is 2.61. The molecule has 202 valence electrons. The molecule has 1 amide bonds. The van der Waals surface area contributed by atoms with E-state index in [0.717, 1.165) is 11.3 Å². The van der Waals surface area contributed by atoms with Gasteiger partial charge >= 0.3 is 6.09 Å². The standard InChI is InChI=1S/C28H29F3N2O4S/c1-6-38-15-16-7-8-19(26(35)25-22(30)11-18(29)12-23(25)31)20(9-16)21-14-33(5)24(34)10-17(21)13-32-27(36)37-28(2,3)4/h7-12,14H,6,13,15H2,1-5H3,(H,32,36). The predicted molar refractivity (Wildman–Crippen MR) is 142 cm³/mol. The molecule has 1 aromatic heterocycles. The van der Waals surface area contributed by atoms with Crippen LogP contribution in [0.4, 0.5) is 18.0 Å². The number of rotatable bonds is 8. The van der Waals surface area contributed by atoms with Gasteiger partial charge in [0.05, 0.1) is 5.56 Å². The van der Waals surface area contributed by atoms with Crippen molar-refractivity contribution >= 4 is 23.6 Å². The highest BCUT2D eigenvalue weighted by molar-refractivity contribution is 7.98. The van der Waals surface area contributed by atoms with Gasteiger partial charge in [0.1, 0.15) is 23.1 Å². The zero-order valence-electron chi connectivity index (χ0n) is 21.8. The third kappa shape index (κ3) is 7.06. The van der Waals surface area contributed by atoms with Crippen molar-refractivity contribution in [3.05, 3.63) is 92.7 Å². The number of ether oxygens (including phenoxy) is 1. The molecule has 6 nitrogen and oxygen atoms in total. The van der Waals surface area contributed by atoms with Crippen molar-refractivity contribution in [3.63, 3.8) is 0 Å². The van der Waals surface area contributed by atoms with Gasteiger partial charge in [0, 0.05) is 54.9 Å². The molecule has 10 heteroatoms. The van der Waals surface area contributed by atoms with Crippen LogP contribution in [0.3, 0.4) is 0 Å². The Hall–Kier alpha value is -3.53. The first-order chi connectivity index (χ1) is 17.8. The van der Waals surface area contributed by atoms with Crippen molar-refractivity contribution in [1.82, 2.24) is 9.88 Å². The lowest BCUT2D eigenvalue weighted by Crippen LogP contribution is -2.32. The normalized spacial score (nSPS) is 11.4. The zero-order chi connectivity index (χ0) is 28.2. The third-order valence-electron chi connectivity index (χ3n) is 5.46. The van der Waals surface area contributed by atoms with E-state index in [2.05, 4.69) is 5.32 Å². The molecule has 1 heterocycles. The fourth-order valence-corrected chi connectivity index (χ4v) is 4.37. The molecule has 0 aliphatic heterocycles. The summed E-state index contributed by atoms with van der Waals surface area (Å²) >= 11 is 1.64. The van der Waals surface area contributed by atoms with Crippen LogP contribution in [0, 0.1) is 17.5 Å². The van der Waals surface area contributed by atoms with E-state index < -0.39 is 40.5 Å². The van der Waals surface area contributed by atoms with Crippen molar-refractivity contribution in [1.29, 1.82) is 0 Å². The number of ketones is 1. The van der Waals surface area contributed by atoms with Gasteiger partial charge in [-0.3, -0.25) is 9.59 Å². The highest BCUT2D eigenvalue weighted by Gasteiger charge is 2.25. The van der Waals surface area contributed by atoms with E-state index in [1.165, 1.54) is 29.9 Å². The first-order valence-electron chi connectivity index (χ1n) is 11.9. The maximum absolute atomic E-state index is 14.6. The lowest BCUT2D eigenvalue weighted by molar-refractivity contribution is 0.0523. The fraction of sp³-hybridized carbons (Fsp3) is 0.321. The molecule has 38 heavy (non-hydrogen) atoms. The van der Waals surface area contributed by atoms with Gasteiger partial charge in [-0.15, -0.1) is 0 Å². The number of alkyl carbamates (subject to hydrolysis) is 1. The molecule has 3 rings (SSSR count). The van der Waals surface area contributed by atoms with E-state index in [9.17, 15) is 27.6 Å². The first-order valence-corrected chi connectivity index (χ1v) is 13.0. The second kappa shape index (κ2) is 11.9. The fourth-order valence-electron chi connectivity index (χ4n) is 3.75. The van der Waals surface area contributed by atoms with Gasteiger partial charge in [-0.1, -0.05) is 19.1 Å². The molecule has 3 aromatic rings. The summed E-state index contributed by atoms with van der Waals surface area (Å²) < 4.78 is 49.2. The summed E-state index contributed by atoms with van der Waals surface area (Å²) in [6.45, 7) is 7.02. The molecule has 0 fully saturated rings. The molecule has 1 N–H and O–H groups in total. The van der Waals surface area contributed by atoms with E-state index in [4.69, 9.17) is 4.74 Å². The molecule has 0 unspecified atom stereocenters. The summed E-state index contributed by atoms with van der Waals surface area (Å²) in [6, 6.07) is 7.07. The number of aromatic nitrogens is 1. The van der Waals surface area contributed by atoms with Crippen LogP contribution < -0.4 is 10.9 Å². The average molecular weight is 547 g/mol. The predicted octanol–water partition coefficient (Wildman–Crippen LogP) is 5.98. The molecule has 0 aliphatic rings. The largest absolute Gasteiger partial charge is 0.444 e. The second-order valence-electron chi connectivity index (χ2n) is 9.61. The van der Waals surface area contributed by atoms with Crippen LogP contribution in [0.5, 0.6) is 0 Å². The van der Waals surface area contributed by atoms with E-state index in [0.29, 0.717) is 34.6 Å². The molecule has 0 aliphatic carbocycles. The van der Waals surface area contributed by atoms with Gasteiger partial charge in [0.15, 0.2) is 5.78 Å². The summed E-state index contributed by atoms with van der Waals surface area (Å²) in [4.78, 5) is 38.2. The highest BCUT2D eigenvalue weighted by atomic mass is 32.2. The van der Waals surface area contributed by atoms with Crippen LogP contribution >= 0.6 is 11.8 Å². The van der Waals surface area contributed by atoms with Crippen molar-refractivity contribution in [2.24, 2.45) is 7.05 Å². The Morgan fingerprint density at radius 3 is 2.29 bits per heavy atom. The number of aryl methyl sites for hydroxylation is 1. The number of amides is 1. The molecular formula is C28H29F3N2O4S. The maximum Gasteiger partial charge on any atom is 0.407 e. The van der Waals surface area contributed by atoms with E-state index in [-0.39, 0.29) is 17.7 Å². The molecule has 0 radical (unpaired) electrons. The van der Waals surface area contributed by atoms with E-state index in [1.54, 1.807) is 44.7 Å². The summed E-state index contributed by atoms with van der Waals surface area (Å²) in [5.74, 6) is -3.32. The Bertz CT molecular complexity index is 1410. The molecule has 0 spiro atoms. The van der Waals surface area contributed by atoms with Gasteiger partial charge in [-0.2, -0.15) is 11.8 Å².